The van der Waals surface area contributed by atoms with Crippen LogP contribution in [0, 0.1) is 0 Å². The number of hydrogen-bond acceptors (Lipinski definition) is 2. The average Bonchev–Trinajstić information content (AvgIpc) is 2.48. The molecule has 0 saturated heterocycles. The van der Waals surface area contributed by atoms with Gasteiger partial charge in [0.1, 0.15) is 18.2 Å². The van der Waals surface area contributed by atoms with Gasteiger partial charge in [0.05, 0.1) is 0 Å². The molecule has 0 aliphatic rings. The third-order valence-corrected chi connectivity index (χ3v) is 3.22. The van der Waals surface area contributed by atoms with Crippen LogP contribution in [0.25, 0.3) is 0 Å². The highest BCUT2D eigenvalue weighted by molar-refractivity contribution is 6.31. The van der Waals surface area contributed by atoms with Gasteiger partial charge < -0.3 is 10.1 Å². The number of nitrogens with one attached hydrogen (secondary N) is 1. The molecule has 0 heterocycles. The molecule has 0 aliphatic carbocycles. The second-order valence-electron chi connectivity index (χ2n) is 4.09. The zero-order valence-electron chi connectivity index (χ0n) is 10.6. The molecule has 5 heteroatoms. The fourth-order valence-electron chi connectivity index (χ4n) is 1.61. The van der Waals surface area contributed by atoms with Crippen LogP contribution in [0.2, 0.25) is 5.02 Å². The van der Waals surface area contributed by atoms with Gasteiger partial charge in [-0.1, -0.05) is 29.8 Å². The monoisotopic (exact) mass is 309 g/mol. The van der Waals surface area contributed by atoms with Gasteiger partial charge in [0.15, 0.2) is 0 Å². The number of benzene rings is 2. The zero-order chi connectivity index (χ0) is 14.4. The Morgan fingerprint density at radius 3 is 2.45 bits per heavy atom. The number of carbonyl (C=O) groups is 1. The first-order valence-corrected chi connectivity index (χ1v) is 6.92. The lowest BCUT2D eigenvalue weighted by atomic mass is 10.2. The van der Waals surface area contributed by atoms with E-state index < -0.39 is 0 Å². The molecule has 1 amide bonds. The molecule has 0 aromatic heterocycles. The van der Waals surface area contributed by atoms with Gasteiger partial charge in [-0.25, -0.2) is 0 Å². The summed E-state index contributed by atoms with van der Waals surface area (Å²) in [6.07, 6.45) is 0. The molecule has 104 valence electrons. The van der Waals surface area contributed by atoms with Gasteiger partial charge in [0, 0.05) is 16.3 Å². The maximum Gasteiger partial charge on any atom is 0.239 e. The molecule has 0 unspecified atom stereocenters. The van der Waals surface area contributed by atoms with E-state index >= 15 is 0 Å². The van der Waals surface area contributed by atoms with Crippen LogP contribution in [0.4, 0.5) is 5.69 Å². The topological polar surface area (TPSA) is 38.3 Å². The van der Waals surface area contributed by atoms with E-state index in [1.165, 1.54) is 0 Å². The van der Waals surface area contributed by atoms with Crippen LogP contribution in [0.3, 0.4) is 0 Å². The molecule has 0 saturated carbocycles. The van der Waals surface area contributed by atoms with Gasteiger partial charge in [0.25, 0.3) is 0 Å². The van der Waals surface area contributed by atoms with Crippen molar-refractivity contribution in [2.75, 3.05) is 11.2 Å². The molecule has 2 rings (SSSR count). The summed E-state index contributed by atoms with van der Waals surface area (Å²) in [5.74, 6) is 0.398. The van der Waals surface area contributed by atoms with E-state index in [1.54, 1.807) is 24.3 Å². The lowest BCUT2D eigenvalue weighted by Crippen LogP contribution is -2.12. The van der Waals surface area contributed by atoms with Crippen molar-refractivity contribution in [2.45, 2.75) is 6.61 Å². The van der Waals surface area contributed by atoms with Gasteiger partial charge >= 0.3 is 0 Å². The number of halogens is 2. The van der Waals surface area contributed by atoms with E-state index in [1.807, 2.05) is 24.3 Å². The molecular formula is C15H13Cl2NO2. The van der Waals surface area contributed by atoms with E-state index in [2.05, 4.69) is 5.32 Å². The maximum atomic E-state index is 11.1. The minimum Gasteiger partial charge on any atom is -0.489 e. The fraction of sp³-hybridized carbons (Fsp3) is 0.133. The lowest BCUT2D eigenvalue weighted by molar-refractivity contribution is -0.113. The van der Waals surface area contributed by atoms with Gasteiger partial charge in [-0.05, 0) is 30.3 Å². The smallest absolute Gasteiger partial charge is 0.239 e. The number of amides is 1. The van der Waals surface area contributed by atoms with Crippen LogP contribution in [0.1, 0.15) is 5.56 Å². The van der Waals surface area contributed by atoms with E-state index in [9.17, 15) is 4.79 Å². The predicted octanol–water partition coefficient (Wildman–Crippen LogP) is 4.10. The SMILES string of the molecule is O=C(CCl)Nc1ccc(OCc2ccccc2Cl)cc1. The van der Waals surface area contributed by atoms with Crippen molar-refractivity contribution in [1.29, 1.82) is 0 Å². The summed E-state index contributed by atoms with van der Waals surface area (Å²) in [5, 5.41) is 3.33. The quantitative estimate of drug-likeness (QED) is 0.845. The Morgan fingerprint density at radius 1 is 1.10 bits per heavy atom. The van der Waals surface area contributed by atoms with Crippen LogP contribution in [0.5, 0.6) is 5.75 Å². The molecule has 2 aromatic rings. The first-order valence-electron chi connectivity index (χ1n) is 6.01. The van der Waals surface area contributed by atoms with Crippen molar-refractivity contribution in [2.24, 2.45) is 0 Å². The molecule has 3 nitrogen and oxygen atoms in total. The van der Waals surface area contributed by atoms with Gasteiger partial charge in [-0.2, -0.15) is 0 Å². The third-order valence-electron chi connectivity index (χ3n) is 2.61. The molecule has 0 radical (unpaired) electrons. The Kier molecular flexibility index (Phi) is 5.27. The van der Waals surface area contributed by atoms with Crippen LogP contribution in [0.15, 0.2) is 48.5 Å². The second kappa shape index (κ2) is 7.17. The Bertz CT molecular complexity index is 585. The van der Waals surface area contributed by atoms with Crippen molar-refractivity contribution in [1.82, 2.24) is 0 Å². The van der Waals surface area contributed by atoms with Crippen LogP contribution in [-0.2, 0) is 11.4 Å². The fourth-order valence-corrected chi connectivity index (χ4v) is 1.86. The van der Waals surface area contributed by atoms with Crippen molar-refractivity contribution in [3.05, 3.63) is 59.1 Å². The first kappa shape index (κ1) is 14.7. The summed E-state index contributed by atoms with van der Waals surface area (Å²) in [6.45, 7) is 0.396. The summed E-state index contributed by atoms with van der Waals surface area (Å²) in [6, 6.07) is 14.6. The Hall–Kier alpha value is -1.71. The summed E-state index contributed by atoms with van der Waals surface area (Å²) < 4.78 is 5.64. The highest BCUT2D eigenvalue weighted by atomic mass is 35.5. The average molecular weight is 310 g/mol. The van der Waals surface area contributed by atoms with E-state index in [0.717, 1.165) is 5.56 Å². The van der Waals surface area contributed by atoms with E-state index in [4.69, 9.17) is 27.9 Å². The van der Waals surface area contributed by atoms with Crippen molar-refractivity contribution >= 4 is 34.8 Å². The molecular weight excluding hydrogens is 297 g/mol. The molecule has 0 aliphatic heterocycles. The first-order chi connectivity index (χ1) is 9.69. The van der Waals surface area contributed by atoms with E-state index in [0.29, 0.717) is 23.1 Å². The standard InChI is InChI=1S/C15H13Cl2NO2/c16-9-15(19)18-12-5-7-13(8-6-12)20-10-11-3-1-2-4-14(11)17/h1-8H,9-10H2,(H,18,19). The summed E-state index contributed by atoms with van der Waals surface area (Å²) >= 11 is 11.5. The van der Waals surface area contributed by atoms with Gasteiger partial charge in [-0.15, -0.1) is 11.6 Å². The maximum absolute atomic E-state index is 11.1. The number of alkyl halides is 1. The van der Waals surface area contributed by atoms with Gasteiger partial charge in [-0.3, -0.25) is 4.79 Å². The zero-order valence-corrected chi connectivity index (χ0v) is 12.1. The van der Waals surface area contributed by atoms with Crippen LogP contribution in [-0.4, -0.2) is 11.8 Å². The molecule has 1 N–H and O–H groups in total. The number of carbonyl (C=O) groups excluding carboxylic acids is 1. The van der Waals surface area contributed by atoms with Crippen molar-refractivity contribution < 1.29 is 9.53 Å². The number of anilines is 1. The molecule has 0 bridgehead atoms. The minimum absolute atomic E-state index is 0.0647. The highest BCUT2D eigenvalue weighted by Gasteiger charge is 2.02. The highest BCUT2D eigenvalue weighted by Crippen LogP contribution is 2.20. The van der Waals surface area contributed by atoms with Crippen molar-refractivity contribution in [3.8, 4) is 5.75 Å². The molecule has 20 heavy (non-hydrogen) atoms. The predicted molar refractivity (Wildman–Crippen MR) is 81.6 cm³/mol. The molecule has 0 spiro atoms. The van der Waals surface area contributed by atoms with Crippen molar-refractivity contribution in [3.63, 3.8) is 0 Å². The largest absolute Gasteiger partial charge is 0.489 e. The number of hydrogen-bond donors (Lipinski definition) is 1. The number of ether oxygens (including phenoxy) is 1. The van der Waals surface area contributed by atoms with E-state index in [-0.39, 0.29) is 11.8 Å². The van der Waals surface area contributed by atoms with Crippen LogP contribution >= 0.6 is 23.2 Å². The number of rotatable bonds is 5. The third kappa shape index (κ3) is 4.15. The Morgan fingerprint density at radius 2 is 1.80 bits per heavy atom. The Balaban J connectivity index is 1.94. The normalized spacial score (nSPS) is 10.1. The molecule has 0 fully saturated rings. The summed E-state index contributed by atoms with van der Waals surface area (Å²) in [5.41, 5.74) is 1.61. The molecule has 0 atom stereocenters. The second-order valence-corrected chi connectivity index (χ2v) is 4.76. The summed E-state index contributed by atoms with van der Waals surface area (Å²) in [7, 11) is 0. The molecule has 2 aromatic carbocycles. The lowest BCUT2D eigenvalue weighted by Gasteiger charge is -2.09. The van der Waals surface area contributed by atoms with Crippen LogP contribution < -0.4 is 10.1 Å². The summed E-state index contributed by atoms with van der Waals surface area (Å²) in [4.78, 5) is 11.1. The minimum atomic E-state index is -0.239. The Labute approximate surface area is 127 Å². The van der Waals surface area contributed by atoms with Gasteiger partial charge in [0.2, 0.25) is 5.91 Å².